The highest BCUT2D eigenvalue weighted by atomic mass is 14.7. The van der Waals surface area contributed by atoms with Gasteiger partial charge in [-0.3, -0.25) is 4.99 Å². The van der Waals surface area contributed by atoms with Crippen molar-refractivity contribution in [3.05, 3.63) is 0 Å². The average molecular weight is 112 g/mol. The molecule has 2 nitrogen and oxygen atoms in total. The Bertz CT molecular complexity index is 114. The molecule has 0 amide bonds. The van der Waals surface area contributed by atoms with Crippen LogP contribution in [0.5, 0.6) is 0 Å². The molecule has 0 bridgehead atoms. The summed E-state index contributed by atoms with van der Waals surface area (Å²) in [7, 11) is 0. The lowest BCUT2D eigenvalue weighted by molar-refractivity contribution is 1.13. The van der Waals surface area contributed by atoms with E-state index < -0.39 is 0 Å². The van der Waals surface area contributed by atoms with Crippen LogP contribution in [-0.2, 0) is 0 Å². The van der Waals surface area contributed by atoms with Gasteiger partial charge in [-0.15, -0.1) is 0 Å². The fourth-order valence-corrected chi connectivity index (χ4v) is 0.356. The van der Waals surface area contributed by atoms with Crippen molar-refractivity contribution in [3.8, 4) is 0 Å². The number of hydrogen-bond acceptors (Lipinski definition) is 2. The van der Waals surface area contributed by atoms with Crippen LogP contribution in [-0.4, -0.2) is 18.0 Å². The molecular weight excluding hydrogens is 100 g/mol. The minimum Gasteiger partial charge on any atom is -0.304 e. The van der Waals surface area contributed by atoms with E-state index in [0.717, 1.165) is 12.3 Å². The van der Waals surface area contributed by atoms with Gasteiger partial charge in [0.2, 0.25) is 0 Å². The van der Waals surface area contributed by atoms with Crippen LogP contribution in [0.1, 0.15) is 20.8 Å². The first-order valence-electron chi connectivity index (χ1n) is 2.75. The van der Waals surface area contributed by atoms with E-state index in [1.54, 1.807) is 6.92 Å². The first-order chi connectivity index (χ1) is 3.68. The van der Waals surface area contributed by atoms with Gasteiger partial charge in [0, 0.05) is 12.3 Å². The van der Waals surface area contributed by atoms with Gasteiger partial charge in [-0.1, -0.05) is 0 Å². The van der Waals surface area contributed by atoms with E-state index in [1.807, 2.05) is 13.8 Å². The van der Waals surface area contributed by atoms with Gasteiger partial charge < -0.3 is 5.41 Å². The minimum atomic E-state index is 0.562. The van der Waals surface area contributed by atoms with E-state index in [9.17, 15) is 0 Å². The second kappa shape index (κ2) is 3.36. The molecule has 0 aliphatic heterocycles. The Hall–Kier alpha value is -0.660. The first-order valence-corrected chi connectivity index (χ1v) is 2.75. The molecular formula is C6H12N2. The molecule has 0 aromatic carbocycles. The molecule has 8 heavy (non-hydrogen) atoms. The van der Waals surface area contributed by atoms with Gasteiger partial charge in [0.15, 0.2) is 0 Å². The SMILES string of the molecule is CCN=C(C)C(C)=N. The molecule has 0 aliphatic carbocycles. The van der Waals surface area contributed by atoms with E-state index >= 15 is 0 Å². The topological polar surface area (TPSA) is 36.2 Å². The summed E-state index contributed by atoms with van der Waals surface area (Å²) in [6, 6.07) is 0. The quantitative estimate of drug-likeness (QED) is 0.526. The van der Waals surface area contributed by atoms with Crippen molar-refractivity contribution >= 4 is 11.4 Å². The van der Waals surface area contributed by atoms with Crippen molar-refractivity contribution < 1.29 is 0 Å². The van der Waals surface area contributed by atoms with E-state index in [4.69, 9.17) is 5.41 Å². The zero-order valence-electron chi connectivity index (χ0n) is 5.65. The van der Waals surface area contributed by atoms with Gasteiger partial charge in [0.25, 0.3) is 0 Å². The van der Waals surface area contributed by atoms with Crippen LogP contribution >= 0.6 is 0 Å². The molecule has 0 atom stereocenters. The van der Waals surface area contributed by atoms with Crippen molar-refractivity contribution in [2.24, 2.45) is 4.99 Å². The van der Waals surface area contributed by atoms with Gasteiger partial charge in [-0.05, 0) is 20.8 Å². The highest BCUT2D eigenvalue weighted by Gasteiger charge is 1.88. The van der Waals surface area contributed by atoms with Crippen molar-refractivity contribution in [1.82, 2.24) is 0 Å². The largest absolute Gasteiger partial charge is 0.304 e. The Morgan fingerprint density at radius 1 is 1.50 bits per heavy atom. The molecule has 0 saturated heterocycles. The normalized spacial score (nSPS) is 11.6. The summed E-state index contributed by atoms with van der Waals surface area (Å²) >= 11 is 0. The van der Waals surface area contributed by atoms with Crippen LogP contribution in [0.15, 0.2) is 4.99 Å². The second-order valence-electron chi connectivity index (χ2n) is 1.68. The monoisotopic (exact) mass is 112 g/mol. The average Bonchev–Trinajstić information content (AvgIpc) is 1.67. The van der Waals surface area contributed by atoms with Crippen LogP contribution < -0.4 is 0 Å². The molecule has 0 aromatic rings. The molecule has 0 aromatic heterocycles. The van der Waals surface area contributed by atoms with Gasteiger partial charge in [0.05, 0.1) is 5.71 Å². The maximum atomic E-state index is 7.07. The van der Waals surface area contributed by atoms with E-state index in [1.165, 1.54) is 0 Å². The zero-order chi connectivity index (χ0) is 6.57. The van der Waals surface area contributed by atoms with E-state index in [-0.39, 0.29) is 0 Å². The molecule has 2 heteroatoms. The zero-order valence-corrected chi connectivity index (χ0v) is 5.65. The molecule has 0 spiro atoms. The Labute approximate surface area is 50.1 Å². The number of aliphatic imine (C=N–C) groups is 1. The third-order valence-electron chi connectivity index (χ3n) is 0.938. The Morgan fingerprint density at radius 2 is 2.00 bits per heavy atom. The highest BCUT2D eigenvalue weighted by Crippen LogP contribution is 1.78. The number of hydrogen-bond donors (Lipinski definition) is 1. The molecule has 0 unspecified atom stereocenters. The Balaban J connectivity index is 3.80. The molecule has 1 N–H and O–H groups in total. The molecule has 0 saturated carbocycles. The second-order valence-corrected chi connectivity index (χ2v) is 1.68. The Kier molecular flexibility index (Phi) is 3.08. The molecule has 0 aliphatic rings. The summed E-state index contributed by atoms with van der Waals surface area (Å²) in [5.74, 6) is 0. The predicted octanol–water partition coefficient (Wildman–Crippen LogP) is 1.51. The highest BCUT2D eigenvalue weighted by molar-refractivity contribution is 6.39. The van der Waals surface area contributed by atoms with Crippen molar-refractivity contribution in [3.63, 3.8) is 0 Å². The fourth-order valence-electron chi connectivity index (χ4n) is 0.356. The van der Waals surface area contributed by atoms with Crippen LogP contribution in [0, 0.1) is 5.41 Å². The fraction of sp³-hybridized carbons (Fsp3) is 0.667. The lowest BCUT2D eigenvalue weighted by Gasteiger charge is -1.91. The van der Waals surface area contributed by atoms with Crippen LogP contribution in [0.4, 0.5) is 0 Å². The van der Waals surface area contributed by atoms with Crippen molar-refractivity contribution in [2.45, 2.75) is 20.8 Å². The third kappa shape index (κ3) is 2.50. The van der Waals surface area contributed by atoms with Gasteiger partial charge in [-0.2, -0.15) is 0 Å². The van der Waals surface area contributed by atoms with Crippen LogP contribution in [0.3, 0.4) is 0 Å². The standard InChI is InChI=1S/C6H12N2/c1-4-8-6(3)5(2)7/h7H,4H2,1-3H3. The summed E-state index contributed by atoms with van der Waals surface area (Å²) in [6.07, 6.45) is 0. The predicted molar refractivity (Wildman–Crippen MR) is 37.1 cm³/mol. The maximum absolute atomic E-state index is 7.07. The summed E-state index contributed by atoms with van der Waals surface area (Å²) in [5, 5.41) is 7.07. The minimum absolute atomic E-state index is 0.562. The summed E-state index contributed by atoms with van der Waals surface area (Å²) in [4.78, 5) is 4.02. The van der Waals surface area contributed by atoms with Crippen LogP contribution in [0.2, 0.25) is 0 Å². The number of nitrogens with zero attached hydrogens (tertiary/aromatic N) is 1. The molecule has 0 radical (unpaired) electrons. The van der Waals surface area contributed by atoms with E-state index in [0.29, 0.717) is 5.71 Å². The number of nitrogens with one attached hydrogen (secondary N) is 1. The number of rotatable bonds is 2. The van der Waals surface area contributed by atoms with Crippen molar-refractivity contribution in [2.75, 3.05) is 6.54 Å². The molecule has 0 heterocycles. The first kappa shape index (κ1) is 7.34. The Morgan fingerprint density at radius 3 is 2.12 bits per heavy atom. The van der Waals surface area contributed by atoms with Gasteiger partial charge >= 0.3 is 0 Å². The van der Waals surface area contributed by atoms with E-state index in [2.05, 4.69) is 4.99 Å². The maximum Gasteiger partial charge on any atom is 0.0521 e. The summed E-state index contributed by atoms with van der Waals surface area (Å²) in [6.45, 7) is 6.34. The van der Waals surface area contributed by atoms with Gasteiger partial charge in [-0.25, -0.2) is 0 Å². The molecule has 0 fully saturated rings. The lowest BCUT2D eigenvalue weighted by atomic mass is 10.3. The third-order valence-corrected chi connectivity index (χ3v) is 0.938. The summed E-state index contributed by atoms with van der Waals surface area (Å²) in [5.41, 5.74) is 1.40. The van der Waals surface area contributed by atoms with Crippen LogP contribution in [0.25, 0.3) is 0 Å². The summed E-state index contributed by atoms with van der Waals surface area (Å²) < 4.78 is 0. The molecule has 46 valence electrons. The van der Waals surface area contributed by atoms with Crippen molar-refractivity contribution in [1.29, 1.82) is 5.41 Å². The smallest absolute Gasteiger partial charge is 0.0521 e. The van der Waals surface area contributed by atoms with Gasteiger partial charge in [0.1, 0.15) is 0 Å². The lowest BCUT2D eigenvalue weighted by Crippen LogP contribution is -2.03. The molecule has 0 rings (SSSR count).